The number of ether oxygens (including phenoxy) is 5. The van der Waals surface area contributed by atoms with Gasteiger partial charge in [0.25, 0.3) is 0 Å². The zero-order valence-corrected chi connectivity index (χ0v) is 47.3. The Hall–Kier alpha value is -9.68. The Kier molecular flexibility index (Phi) is 17.0. The van der Waals surface area contributed by atoms with Crippen LogP contribution in [0.5, 0.6) is 34.5 Å². The van der Waals surface area contributed by atoms with Crippen LogP contribution in [-0.4, -0.2) is 102 Å². The van der Waals surface area contributed by atoms with E-state index in [1.54, 1.807) is 79.9 Å². The maximum absolute atomic E-state index is 14.4. The molecule has 2 atom stereocenters. The maximum Gasteiger partial charge on any atom is 0.410 e. The van der Waals surface area contributed by atoms with Crippen molar-refractivity contribution >= 4 is 52.2 Å². The molecule has 2 aliphatic rings. The van der Waals surface area contributed by atoms with Crippen LogP contribution in [0.2, 0.25) is 0 Å². The van der Waals surface area contributed by atoms with Gasteiger partial charge in [0.05, 0.1) is 22.9 Å². The summed E-state index contributed by atoms with van der Waals surface area (Å²) in [5.74, 6) is 3.31. The number of rotatable bonds is 14. The molecule has 2 aliphatic heterocycles. The first-order valence-electron chi connectivity index (χ1n) is 26.7. The quantitative estimate of drug-likeness (QED) is 0.0913. The van der Waals surface area contributed by atoms with Crippen LogP contribution in [0.4, 0.5) is 25.2 Å². The van der Waals surface area contributed by atoms with Crippen LogP contribution in [0.25, 0.3) is 44.6 Å². The third kappa shape index (κ3) is 13.5. The van der Waals surface area contributed by atoms with Crippen molar-refractivity contribution in [2.75, 3.05) is 37.6 Å². The number of aromatic nitrogens is 12. The highest BCUT2D eigenvalue weighted by atomic mass is 35.5. The van der Waals surface area contributed by atoms with Crippen LogP contribution in [0.1, 0.15) is 68.5 Å². The Bertz CT molecular complexity index is 3940. The molecule has 22 nitrogen and oxygen atoms in total. The Balaban J connectivity index is 0.000000187. The van der Waals surface area contributed by atoms with Crippen molar-refractivity contribution < 1.29 is 37.3 Å². The van der Waals surface area contributed by atoms with Gasteiger partial charge in [-0.05, 0) is 103 Å². The molecule has 84 heavy (non-hydrogen) atoms. The lowest BCUT2D eigenvalue weighted by Gasteiger charge is -2.24. The minimum absolute atomic E-state index is 0. The van der Waals surface area contributed by atoms with Crippen molar-refractivity contribution in [1.82, 2.24) is 69.6 Å². The molecular formula is C59H59ClF2N16O6. The number of nitrogen functional groups attached to an aromatic ring is 2. The number of hydrogen-bond donors (Lipinski definition) is 3. The fourth-order valence-electron chi connectivity index (χ4n) is 9.50. The summed E-state index contributed by atoms with van der Waals surface area (Å²) < 4.78 is 61.3. The summed E-state index contributed by atoms with van der Waals surface area (Å²) in [6, 6.07) is 23.1. The van der Waals surface area contributed by atoms with Crippen molar-refractivity contribution in [3.8, 4) is 57.0 Å². The van der Waals surface area contributed by atoms with Crippen molar-refractivity contribution in [2.45, 2.75) is 78.4 Å². The highest BCUT2D eigenvalue weighted by Crippen LogP contribution is 2.38. The third-order valence-corrected chi connectivity index (χ3v) is 13.5. The summed E-state index contributed by atoms with van der Waals surface area (Å²) in [5, 5.41) is 14.5. The molecule has 8 heterocycles. The second kappa shape index (κ2) is 24.8. The molecule has 6 aromatic heterocycles. The second-order valence-electron chi connectivity index (χ2n) is 20.9. The number of nitrogens with one attached hydrogen (secondary N) is 1. The van der Waals surface area contributed by atoms with Gasteiger partial charge in [-0.25, -0.2) is 62.8 Å². The van der Waals surface area contributed by atoms with E-state index >= 15 is 0 Å². The Labute approximate surface area is 487 Å². The molecule has 10 aromatic rings. The fourth-order valence-corrected chi connectivity index (χ4v) is 9.50. The molecular weight excluding hydrogens is 1100 g/mol. The van der Waals surface area contributed by atoms with Gasteiger partial charge in [0, 0.05) is 103 Å². The molecule has 12 rings (SSSR count). The van der Waals surface area contributed by atoms with Gasteiger partial charge in [-0.1, -0.05) is 0 Å². The Morgan fingerprint density at radius 3 is 1.50 bits per heavy atom. The van der Waals surface area contributed by atoms with E-state index in [1.807, 2.05) is 54.4 Å². The van der Waals surface area contributed by atoms with E-state index in [1.165, 1.54) is 36.9 Å². The van der Waals surface area contributed by atoms with Gasteiger partial charge < -0.3 is 45.4 Å². The molecule has 2 fully saturated rings. The average Bonchev–Trinajstić information content (AvgIpc) is 3.24. The number of fused-ring (bicyclic) bond motifs is 2. The number of aryl methyl sites for hydroxylation is 2. The van der Waals surface area contributed by atoms with E-state index in [9.17, 15) is 13.6 Å². The number of carbonyl (C=O) groups is 1. The van der Waals surface area contributed by atoms with Crippen LogP contribution in [0.3, 0.4) is 0 Å². The zero-order valence-electron chi connectivity index (χ0n) is 46.4. The summed E-state index contributed by atoms with van der Waals surface area (Å²) in [6.07, 6.45) is 10.8. The molecule has 0 aliphatic carbocycles. The van der Waals surface area contributed by atoms with Gasteiger partial charge in [-0.2, -0.15) is 10.2 Å². The molecule has 0 radical (unpaired) electrons. The molecule has 25 heteroatoms. The fraction of sp³-hybridized carbons (Fsp3) is 0.271. The van der Waals surface area contributed by atoms with Gasteiger partial charge in [-0.3, -0.25) is 0 Å². The summed E-state index contributed by atoms with van der Waals surface area (Å²) >= 11 is 0. The number of halogens is 3. The topological polar surface area (TPSA) is 269 Å². The van der Waals surface area contributed by atoms with Gasteiger partial charge in [-0.15, -0.1) is 12.4 Å². The van der Waals surface area contributed by atoms with Crippen LogP contribution >= 0.6 is 12.4 Å². The van der Waals surface area contributed by atoms with Crippen molar-refractivity contribution in [1.29, 1.82) is 0 Å². The smallest absolute Gasteiger partial charge is 0.410 e. The standard InChI is InChI=1S/C32H33FN8O4.C27H25FN8O2.ClH/c1-19-35-14-20(15-36-19)17-43-25-11-22(33)12-26(13-25)44-24-7-5-21(6-8-24)28-27-29(34)37-18-38-30(27)41(39-28)23-9-10-40(16-23)31(42)45-32(2,3)4;1-16-31-11-17(12-32-16)14-37-22-8-19(28)9-23(10-22)38-21-4-2-18(3-5-21)25-24-26(29)33-15-34-27(24)36(35-25)20-6-7-30-13-20;/h5-8,11-15,18,23H,9-10,16-17H2,1-4H3,(H2,34,37,38);2-5,8-12,15,20,30H,6-7,13-14H2,1H3,(H2,29,33,34);1H/t23-;20-;/m11./s1. The van der Waals surface area contributed by atoms with Crippen molar-refractivity contribution in [3.63, 3.8) is 0 Å². The summed E-state index contributed by atoms with van der Waals surface area (Å²) in [4.78, 5) is 48.2. The van der Waals surface area contributed by atoms with Crippen molar-refractivity contribution in [2.24, 2.45) is 0 Å². The number of benzene rings is 4. The number of hydrogen-bond acceptors (Lipinski definition) is 19. The molecule has 4 aromatic carbocycles. The van der Waals surface area contributed by atoms with E-state index < -0.39 is 17.2 Å². The SMILES string of the molecule is Cc1ncc(COc2cc(F)cc(Oc3ccc(-c4nn([C@@H]5CCN(C(=O)OC(C)(C)C)C5)c5ncnc(N)c45)cc3)c2)cn1.Cc1ncc(COc2cc(F)cc(Oc3ccc(-c4nn([C@@H]5CCNC5)c5ncnc(N)c45)cc3)c2)cn1.Cl. The van der Waals surface area contributed by atoms with E-state index in [0.717, 1.165) is 47.2 Å². The molecule has 0 unspecified atom stereocenters. The minimum atomic E-state index is -0.583. The lowest BCUT2D eigenvalue weighted by atomic mass is 10.1. The van der Waals surface area contributed by atoms with Crippen LogP contribution in [0, 0.1) is 25.5 Å². The number of anilines is 2. The molecule has 2 saturated heterocycles. The normalized spacial score (nSPS) is 14.9. The molecule has 0 bridgehead atoms. The number of carbonyl (C=O) groups excluding carboxylic acids is 1. The third-order valence-electron chi connectivity index (χ3n) is 13.5. The largest absolute Gasteiger partial charge is 0.489 e. The molecule has 1 amide bonds. The lowest BCUT2D eigenvalue weighted by Crippen LogP contribution is -2.35. The predicted molar refractivity (Wildman–Crippen MR) is 311 cm³/mol. The number of nitrogens with zero attached hydrogens (tertiary/aromatic N) is 13. The second-order valence-corrected chi connectivity index (χ2v) is 20.9. The molecule has 0 saturated carbocycles. The molecule has 432 valence electrons. The Morgan fingerprint density at radius 1 is 0.607 bits per heavy atom. The number of likely N-dealkylation sites (tertiary alicyclic amines) is 1. The van der Waals surface area contributed by atoms with Gasteiger partial charge in [0.15, 0.2) is 11.3 Å². The Morgan fingerprint density at radius 2 is 1.06 bits per heavy atom. The van der Waals surface area contributed by atoms with Gasteiger partial charge in [0.2, 0.25) is 0 Å². The first kappa shape index (κ1) is 57.6. The first-order chi connectivity index (χ1) is 40.0. The van der Waals surface area contributed by atoms with Crippen LogP contribution in [0.15, 0.2) is 122 Å². The highest BCUT2D eigenvalue weighted by molar-refractivity contribution is 5.99. The van der Waals surface area contributed by atoms with Crippen LogP contribution in [-0.2, 0) is 18.0 Å². The minimum Gasteiger partial charge on any atom is -0.489 e. The first-order valence-corrected chi connectivity index (χ1v) is 26.7. The van der Waals surface area contributed by atoms with E-state index in [2.05, 4.69) is 45.2 Å². The summed E-state index contributed by atoms with van der Waals surface area (Å²) in [6.45, 7) is 12.3. The highest BCUT2D eigenvalue weighted by Gasteiger charge is 2.33. The van der Waals surface area contributed by atoms with Crippen LogP contribution < -0.4 is 35.7 Å². The summed E-state index contributed by atoms with van der Waals surface area (Å²) in [5.41, 5.74) is 17.7. The molecule has 0 spiro atoms. The van der Waals surface area contributed by atoms with Gasteiger partial charge in [0.1, 0.15) is 112 Å². The number of amides is 1. The average molecular weight is 1160 g/mol. The molecule has 5 N–H and O–H groups in total. The lowest BCUT2D eigenvalue weighted by molar-refractivity contribution is 0.0288. The summed E-state index contributed by atoms with van der Waals surface area (Å²) in [7, 11) is 0. The van der Waals surface area contributed by atoms with E-state index in [4.69, 9.17) is 45.3 Å². The van der Waals surface area contributed by atoms with Crippen molar-refractivity contribution in [3.05, 3.63) is 157 Å². The monoisotopic (exact) mass is 1160 g/mol. The predicted octanol–water partition coefficient (Wildman–Crippen LogP) is 10.5. The number of nitrogens with two attached hydrogens (primary N) is 2. The van der Waals surface area contributed by atoms with E-state index in [-0.39, 0.29) is 49.5 Å². The van der Waals surface area contributed by atoms with Gasteiger partial charge >= 0.3 is 6.09 Å². The maximum atomic E-state index is 14.4. The zero-order chi connectivity index (χ0) is 57.8. The van der Waals surface area contributed by atoms with E-state index in [0.29, 0.717) is 99.6 Å².